The number of aromatic nitrogens is 1. The van der Waals surface area contributed by atoms with Gasteiger partial charge in [0.25, 0.3) is 5.91 Å². The monoisotopic (exact) mass is 1010 g/mol. The van der Waals surface area contributed by atoms with Crippen molar-refractivity contribution in [3.63, 3.8) is 0 Å². The van der Waals surface area contributed by atoms with E-state index in [1.165, 1.54) is 42.0 Å². The predicted octanol–water partition coefficient (Wildman–Crippen LogP) is 4.93. The maximum Gasteiger partial charge on any atom is 0.420 e. The number of anilines is 1. The lowest BCUT2D eigenvalue weighted by atomic mass is 9.85. The number of carbonyl (C=O) groups excluding carboxylic acids is 5. The predicted molar refractivity (Wildman–Crippen MR) is 252 cm³/mol. The summed E-state index contributed by atoms with van der Waals surface area (Å²) in [5.41, 5.74) is 4.39. The molecule has 5 amide bonds. The maximum absolute atomic E-state index is 15.5. The molecule has 0 aliphatic carbocycles. The average molecular weight is 1010 g/mol. The highest BCUT2D eigenvalue weighted by molar-refractivity contribution is 7.80. The fourth-order valence-corrected chi connectivity index (χ4v) is 9.46. The second kappa shape index (κ2) is 21.8. The summed E-state index contributed by atoms with van der Waals surface area (Å²) in [7, 11) is 0. The number of hydrogen-bond acceptors (Lipinski definition) is 13. The molecule has 2 fully saturated rings. The summed E-state index contributed by atoms with van der Waals surface area (Å²) < 4.78 is 73.7. The quantitative estimate of drug-likeness (QED) is 0.0756. The molecular formula is C47H53F4N9O8S2. The highest BCUT2D eigenvalue weighted by atomic mass is 32.1. The van der Waals surface area contributed by atoms with Gasteiger partial charge in [0.15, 0.2) is 17.2 Å². The number of thiazole rings is 1. The van der Waals surface area contributed by atoms with Crippen LogP contribution in [0.15, 0.2) is 65.5 Å². The van der Waals surface area contributed by atoms with E-state index in [0.29, 0.717) is 24.3 Å². The van der Waals surface area contributed by atoms with E-state index in [-0.39, 0.29) is 62.7 Å². The number of dihydropyridines is 1. The Morgan fingerprint density at radius 1 is 1.07 bits per heavy atom. The highest BCUT2D eigenvalue weighted by Gasteiger charge is 2.53. The van der Waals surface area contributed by atoms with Crippen LogP contribution in [0, 0.1) is 29.5 Å². The van der Waals surface area contributed by atoms with Crippen LogP contribution >= 0.6 is 23.6 Å². The van der Waals surface area contributed by atoms with Gasteiger partial charge < -0.3 is 45.7 Å². The van der Waals surface area contributed by atoms with E-state index < -0.39 is 80.9 Å². The zero-order valence-corrected chi connectivity index (χ0v) is 40.8. The second-order valence-electron chi connectivity index (χ2n) is 18.1. The van der Waals surface area contributed by atoms with Gasteiger partial charge in [-0.25, -0.2) is 9.37 Å². The molecule has 2 aromatic carbocycles. The number of allylic oxidation sites excluding steroid dienone is 1. The van der Waals surface area contributed by atoms with Crippen LogP contribution in [-0.4, -0.2) is 113 Å². The topological polar surface area (TPSA) is 222 Å². The first kappa shape index (κ1) is 53.0. The van der Waals surface area contributed by atoms with Gasteiger partial charge in [-0.2, -0.15) is 18.4 Å². The Bertz CT molecular complexity index is 2620. The Balaban J connectivity index is 0.943. The lowest BCUT2D eigenvalue weighted by molar-refractivity contribution is -0.144. The molecule has 1 aromatic heterocycles. The van der Waals surface area contributed by atoms with Crippen LogP contribution in [-0.2, 0) is 50.9 Å². The number of ether oxygens (including phenoxy) is 3. The standard InChI is InChI=1S/C47H53F4N9O8S2/c1-26-37(70-25-56-26)28-11-9-27(10-12-28)22-54-40(63)33-8-7-15-58(33)42(64)38(45(2,3)4)57-34(61)24-67-17-16-66-18-19-68-41-31(39(53)62)20-30(23-55-41)60-44(69)59(43(65)46(60,5)6)32-14-13-29(21-52)35(36(32)48)47(49,50)51/h9-14,20,23,25,33,38,41,55H,7-8,15-19,22,24H2,1-6H3,(H2,53,62)(H,54,63)(H,57,61). The number of nitriles is 1. The number of thiocarbonyl (C=S) groups is 1. The Labute approximate surface area is 411 Å². The van der Waals surface area contributed by atoms with Crippen molar-refractivity contribution < 1.29 is 55.7 Å². The molecular weight excluding hydrogens is 959 g/mol. The summed E-state index contributed by atoms with van der Waals surface area (Å²) in [6, 6.07) is 9.14. The number of alkyl halides is 3. The van der Waals surface area contributed by atoms with Gasteiger partial charge in [-0.05, 0) is 80.6 Å². The van der Waals surface area contributed by atoms with Crippen molar-refractivity contribution in [2.45, 2.75) is 91.0 Å². The van der Waals surface area contributed by atoms with E-state index >= 15 is 4.39 Å². The van der Waals surface area contributed by atoms with Crippen molar-refractivity contribution >= 4 is 63.9 Å². The first-order chi connectivity index (χ1) is 33.0. The Kier molecular flexibility index (Phi) is 16.5. The molecule has 3 aliphatic rings. The van der Waals surface area contributed by atoms with Gasteiger partial charge in [-0.1, -0.05) is 45.0 Å². The minimum atomic E-state index is -5.26. The van der Waals surface area contributed by atoms with E-state index in [0.717, 1.165) is 33.8 Å². The van der Waals surface area contributed by atoms with E-state index in [1.807, 2.05) is 52.0 Å². The summed E-state index contributed by atoms with van der Waals surface area (Å²) in [4.78, 5) is 75.3. The summed E-state index contributed by atoms with van der Waals surface area (Å²) in [6.07, 6.45) is -2.63. The molecule has 0 radical (unpaired) electrons. The summed E-state index contributed by atoms with van der Waals surface area (Å²) in [6.45, 7) is 10.4. The number of nitrogens with one attached hydrogen (secondary N) is 3. The SMILES string of the molecule is Cc1ncsc1-c1ccc(CNC(=O)C2CCCN2C(=O)C(NC(=O)COCCOCCOC2NC=C(N3C(=S)N(c4ccc(C#N)c(C(F)(F)F)c4F)C(=O)C3(C)C)C=C2C(N)=O)C(C)(C)C)cc1. The van der Waals surface area contributed by atoms with Crippen molar-refractivity contribution in [1.82, 2.24) is 30.7 Å². The molecule has 5 N–H and O–H groups in total. The Hall–Kier alpha value is -6.32. The molecule has 0 bridgehead atoms. The van der Waals surface area contributed by atoms with E-state index in [1.54, 1.807) is 16.8 Å². The number of primary amides is 1. The molecule has 3 aliphatic heterocycles. The molecule has 0 spiro atoms. The fraction of sp³-hybridized carbons (Fsp3) is 0.447. The zero-order valence-electron chi connectivity index (χ0n) is 39.2. The second-order valence-corrected chi connectivity index (χ2v) is 19.3. The van der Waals surface area contributed by atoms with Gasteiger partial charge in [0.05, 0.1) is 71.1 Å². The molecule has 2 saturated heterocycles. The molecule has 6 rings (SSSR count). The largest absolute Gasteiger partial charge is 0.420 e. The van der Waals surface area contributed by atoms with Gasteiger partial charge in [0.1, 0.15) is 29.8 Å². The van der Waals surface area contributed by atoms with Gasteiger partial charge in [-0.15, -0.1) is 11.3 Å². The number of hydrogen-bond donors (Lipinski definition) is 4. The number of nitrogens with zero attached hydrogens (tertiary/aromatic N) is 5. The fourth-order valence-electron chi connectivity index (χ4n) is 8.13. The first-order valence-electron chi connectivity index (χ1n) is 22.1. The van der Waals surface area contributed by atoms with Crippen LogP contribution in [0.5, 0.6) is 0 Å². The van der Waals surface area contributed by atoms with Crippen molar-refractivity contribution in [2.75, 3.05) is 44.5 Å². The summed E-state index contributed by atoms with van der Waals surface area (Å²) in [5, 5.41) is 17.4. The molecule has 3 aromatic rings. The number of aryl methyl sites for hydroxylation is 1. The van der Waals surface area contributed by atoms with Crippen LogP contribution in [0.1, 0.15) is 69.8 Å². The number of benzene rings is 2. The van der Waals surface area contributed by atoms with E-state index in [2.05, 4.69) is 20.9 Å². The minimum Gasteiger partial charge on any atom is -0.377 e. The van der Waals surface area contributed by atoms with E-state index in [9.17, 15) is 42.4 Å². The molecule has 3 unspecified atom stereocenters. The number of nitrogens with two attached hydrogens (primary N) is 1. The van der Waals surface area contributed by atoms with Gasteiger partial charge >= 0.3 is 6.18 Å². The van der Waals surface area contributed by atoms with E-state index in [4.69, 9.17) is 32.2 Å². The zero-order chi connectivity index (χ0) is 51.3. The first-order valence-corrected chi connectivity index (χ1v) is 23.4. The third kappa shape index (κ3) is 11.6. The van der Waals surface area contributed by atoms with Crippen LogP contribution in [0.4, 0.5) is 23.2 Å². The Morgan fingerprint density at radius 3 is 2.39 bits per heavy atom. The number of halogens is 4. The molecule has 4 heterocycles. The van der Waals surface area contributed by atoms with Crippen LogP contribution < -0.4 is 26.6 Å². The minimum absolute atomic E-state index is 0.00378. The average Bonchev–Trinajstić information content (AvgIpc) is 4.01. The lowest BCUT2D eigenvalue weighted by Crippen LogP contribution is -2.58. The normalized spacial score (nSPS) is 18.5. The summed E-state index contributed by atoms with van der Waals surface area (Å²) >= 11 is 7.05. The van der Waals surface area contributed by atoms with Crippen molar-refractivity contribution in [3.05, 3.63) is 93.7 Å². The van der Waals surface area contributed by atoms with Gasteiger partial charge in [0.2, 0.25) is 23.6 Å². The number of carbonyl (C=O) groups is 5. The third-order valence-electron chi connectivity index (χ3n) is 11.7. The van der Waals surface area contributed by atoms with Crippen LogP contribution in [0.3, 0.4) is 0 Å². The smallest absolute Gasteiger partial charge is 0.377 e. The molecule has 17 nitrogen and oxygen atoms in total. The third-order valence-corrected chi connectivity index (χ3v) is 13.1. The van der Waals surface area contributed by atoms with Gasteiger partial charge in [-0.3, -0.25) is 28.9 Å². The van der Waals surface area contributed by atoms with Crippen molar-refractivity contribution in [2.24, 2.45) is 11.1 Å². The molecule has 374 valence electrons. The van der Waals surface area contributed by atoms with Crippen molar-refractivity contribution in [3.8, 4) is 16.5 Å². The lowest BCUT2D eigenvalue weighted by Gasteiger charge is -2.35. The number of amides is 5. The molecule has 3 atom stereocenters. The summed E-state index contributed by atoms with van der Waals surface area (Å²) in [5.74, 6) is -4.85. The highest BCUT2D eigenvalue weighted by Crippen LogP contribution is 2.42. The number of rotatable bonds is 18. The number of likely N-dealkylation sites (tertiary alicyclic amines) is 1. The van der Waals surface area contributed by atoms with Crippen LogP contribution in [0.2, 0.25) is 0 Å². The maximum atomic E-state index is 15.5. The Morgan fingerprint density at radius 2 is 1.76 bits per heavy atom. The van der Waals surface area contributed by atoms with Gasteiger partial charge in [0, 0.05) is 19.3 Å². The molecule has 0 saturated carbocycles. The van der Waals surface area contributed by atoms with Crippen LogP contribution in [0.25, 0.3) is 10.4 Å². The molecule has 70 heavy (non-hydrogen) atoms. The molecule has 23 heteroatoms. The van der Waals surface area contributed by atoms with Crippen molar-refractivity contribution in [1.29, 1.82) is 5.26 Å².